The highest BCUT2D eigenvalue weighted by molar-refractivity contribution is 5.95. The highest BCUT2D eigenvalue weighted by Gasteiger charge is 2.30. The van der Waals surface area contributed by atoms with Gasteiger partial charge in [-0.15, -0.1) is 0 Å². The molecule has 0 aliphatic rings. The first-order valence-corrected chi connectivity index (χ1v) is 9.13. The molecule has 0 spiro atoms. The number of aliphatic carboxylic acids is 1. The number of rotatable bonds is 12. The molecule has 5 unspecified atom stereocenters. The third-order valence-electron chi connectivity index (χ3n) is 3.94. The SMILES string of the molecule is CC(=O)NC(C(=O)NC(CCC(=O)O)C(=O)NC(C)C(=O)NC(C)C(N)=O)C(C)O. The molecule has 0 saturated heterocycles. The lowest BCUT2D eigenvalue weighted by Crippen LogP contribution is -2.58. The summed E-state index contributed by atoms with van der Waals surface area (Å²) in [5, 5.41) is 27.6. The number of hydrogen-bond donors (Lipinski definition) is 7. The zero-order valence-electron chi connectivity index (χ0n) is 17.2. The van der Waals surface area contributed by atoms with E-state index in [2.05, 4.69) is 21.3 Å². The molecule has 0 aliphatic heterocycles. The Morgan fingerprint density at radius 1 is 0.833 bits per heavy atom. The Morgan fingerprint density at radius 3 is 1.80 bits per heavy atom. The first-order chi connectivity index (χ1) is 13.8. The molecule has 0 rings (SSSR count). The Bertz CT molecular complexity index is 681. The van der Waals surface area contributed by atoms with Crippen LogP contribution in [0.2, 0.25) is 0 Å². The molecule has 13 nitrogen and oxygen atoms in total. The summed E-state index contributed by atoms with van der Waals surface area (Å²) in [5.41, 5.74) is 5.05. The quantitative estimate of drug-likeness (QED) is 0.166. The molecule has 30 heavy (non-hydrogen) atoms. The number of carboxylic acid groups (broad SMARTS) is 1. The minimum absolute atomic E-state index is 0.314. The molecule has 0 fully saturated rings. The fourth-order valence-corrected chi connectivity index (χ4v) is 2.21. The number of carbonyl (C=O) groups is 6. The fraction of sp³-hybridized carbons (Fsp3) is 0.647. The molecule has 5 amide bonds. The average molecular weight is 431 g/mol. The normalized spacial score (nSPS) is 15.5. The highest BCUT2D eigenvalue weighted by atomic mass is 16.4. The van der Waals surface area contributed by atoms with E-state index < -0.39 is 72.2 Å². The van der Waals surface area contributed by atoms with Gasteiger partial charge in [0.2, 0.25) is 29.5 Å². The van der Waals surface area contributed by atoms with Crippen LogP contribution in [0.25, 0.3) is 0 Å². The van der Waals surface area contributed by atoms with Crippen molar-refractivity contribution in [2.75, 3.05) is 0 Å². The summed E-state index contributed by atoms with van der Waals surface area (Å²) in [5.74, 6) is -5.11. The third-order valence-corrected chi connectivity index (χ3v) is 3.94. The van der Waals surface area contributed by atoms with Crippen LogP contribution in [-0.2, 0) is 28.8 Å². The molecule has 0 saturated carbocycles. The predicted molar refractivity (Wildman–Crippen MR) is 102 cm³/mol. The van der Waals surface area contributed by atoms with E-state index in [1.807, 2.05) is 0 Å². The van der Waals surface area contributed by atoms with Gasteiger partial charge in [-0.05, 0) is 27.2 Å². The van der Waals surface area contributed by atoms with Gasteiger partial charge in [-0.2, -0.15) is 0 Å². The lowest BCUT2D eigenvalue weighted by molar-refractivity contribution is -0.138. The molecule has 0 aromatic heterocycles. The van der Waals surface area contributed by atoms with Crippen LogP contribution in [0.15, 0.2) is 0 Å². The molecule has 0 aromatic rings. The van der Waals surface area contributed by atoms with E-state index >= 15 is 0 Å². The number of carbonyl (C=O) groups excluding carboxylic acids is 5. The molecule has 0 radical (unpaired) electrons. The Morgan fingerprint density at radius 2 is 1.37 bits per heavy atom. The van der Waals surface area contributed by atoms with Crippen molar-refractivity contribution in [3.8, 4) is 0 Å². The molecule has 170 valence electrons. The molecule has 0 aliphatic carbocycles. The maximum atomic E-state index is 12.5. The van der Waals surface area contributed by atoms with Crippen LogP contribution in [0.4, 0.5) is 0 Å². The Kier molecular flexibility index (Phi) is 11.0. The van der Waals surface area contributed by atoms with E-state index in [9.17, 15) is 33.9 Å². The summed E-state index contributed by atoms with van der Waals surface area (Å²) < 4.78 is 0. The molecular formula is C17H29N5O8. The van der Waals surface area contributed by atoms with Gasteiger partial charge in [0.05, 0.1) is 6.10 Å². The molecular weight excluding hydrogens is 402 g/mol. The zero-order chi connectivity index (χ0) is 23.6. The van der Waals surface area contributed by atoms with E-state index in [0.29, 0.717) is 0 Å². The third kappa shape index (κ3) is 9.82. The van der Waals surface area contributed by atoms with Crippen molar-refractivity contribution in [3.63, 3.8) is 0 Å². The van der Waals surface area contributed by atoms with E-state index in [1.165, 1.54) is 20.8 Å². The van der Waals surface area contributed by atoms with Crippen LogP contribution >= 0.6 is 0 Å². The van der Waals surface area contributed by atoms with Crippen LogP contribution in [0.5, 0.6) is 0 Å². The maximum absolute atomic E-state index is 12.5. The van der Waals surface area contributed by atoms with Gasteiger partial charge in [0, 0.05) is 13.3 Å². The van der Waals surface area contributed by atoms with Crippen molar-refractivity contribution in [2.24, 2.45) is 5.73 Å². The van der Waals surface area contributed by atoms with Gasteiger partial charge in [-0.3, -0.25) is 28.8 Å². The predicted octanol–water partition coefficient (Wildman–Crippen LogP) is -3.28. The Balaban J connectivity index is 5.25. The minimum Gasteiger partial charge on any atom is -0.481 e. The maximum Gasteiger partial charge on any atom is 0.303 e. The second-order valence-corrected chi connectivity index (χ2v) is 6.78. The molecule has 5 atom stereocenters. The lowest BCUT2D eigenvalue weighted by Gasteiger charge is -2.25. The summed E-state index contributed by atoms with van der Waals surface area (Å²) in [6, 6.07) is -4.86. The van der Waals surface area contributed by atoms with Crippen LogP contribution in [-0.4, -0.2) is 76.0 Å². The molecule has 0 bridgehead atoms. The molecule has 0 aromatic carbocycles. The minimum atomic E-state index is -1.38. The standard InChI is InChI=1S/C17H29N5O8/c1-7(14(18)27)19-15(28)8(2)20-16(29)11(5-6-12(25)26)22-17(30)13(9(3)23)21-10(4)24/h7-9,11,13,23H,5-6H2,1-4H3,(H2,18,27)(H,19,28)(H,20,29)(H,21,24)(H,22,30)(H,25,26). The van der Waals surface area contributed by atoms with Crippen molar-refractivity contribution >= 4 is 35.5 Å². The summed E-state index contributed by atoms with van der Waals surface area (Å²) in [4.78, 5) is 70.0. The van der Waals surface area contributed by atoms with Gasteiger partial charge in [-0.1, -0.05) is 0 Å². The number of hydrogen-bond acceptors (Lipinski definition) is 7. The van der Waals surface area contributed by atoms with Crippen molar-refractivity contribution in [1.82, 2.24) is 21.3 Å². The van der Waals surface area contributed by atoms with Gasteiger partial charge in [0.25, 0.3) is 0 Å². The Hall–Kier alpha value is -3.22. The van der Waals surface area contributed by atoms with Crippen molar-refractivity contribution in [2.45, 2.75) is 70.8 Å². The number of primary amides is 1. The van der Waals surface area contributed by atoms with Gasteiger partial charge in [0.1, 0.15) is 24.2 Å². The number of amides is 5. The largest absolute Gasteiger partial charge is 0.481 e. The smallest absolute Gasteiger partial charge is 0.303 e. The summed E-state index contributed by atoms with van der Waals surface area (Å²) in [7, 11) is 0. The zero-order valence-corrected chi connectivity index (χ0v) is 17.2. The second-order valence-electron chi connectivity index (χ2n) is 6.78. The van der Waals surface area contributed by atoms with E-state index in [1.54, 1.807) is 0 Å². The lowest BCUT2D eigenvalue weighted by atomic mass is 10.1. The Labute approximate surface area is 173 Å². The van der Waals surface area contributed by atoms with Crippen molar-refractivity contribution < 1.29 is 39.0 Å². The van der Waals surface area contributed by atoms with Crippen molar-refractivity contribution in [1.29, 1.82) is 0 Å². The number of aliphatic hydroxyl groups excluding tert-OH is 1. The average Bonchev–Trinajstić information content (AvgIpc) is 2.61. The van der Waals surface area contributed by atoms with Gasteiger partial charge < -0.3 is 37.2 Å². The number of carboxylic acids is 1. The van der Waals surface area contributed by atoms with Crippen LogP contribution < -0.4 is 27.0 Å². The first-order valence-electron chi connectivity index (χ1n) is 9.13. The first kappa shape index (κ1) is 26.8. The van der Waals surface area contributed by atoms with E-state index in [0.717, 1.165) is 6.92 Å². The molecule has 8 N–H and O–H groups in total. The van der Waals surface area contributed by atoms with Gasteiger partial charge in [0.15, 0.2) is 0 Å². The number of nitrogens with one attached hydrogen (secondary N) is 4. The van der Waals surface area contributed by atoms with Crippen molar-refractivity contribution in [3.05, 3.63) is 0 Å². The molecule has 13 heteroatoms. The number of nitrogens with two attached hydrogens (primary N) is 1. The molecule has 0 heterocycles. The fourth-order valence-electron chi connectivity index (χ4n) is 2.21. The summed E-state index contributed by atoms with van der Waals surface area (Å²) in [6.07, 6.45) is -2.08. The van der Waals surface area contributed by atoms with Crippen LogP contribution in [0, 0.1) is 0 Å². The van der Waals surface area contributed by atoms with Gasteiger partial charge in [-0.25, -0.2) is 0 Å². The van der Waals surface area contributed by atoms with E-state index in [-0.39, 0.29) is 6.42 Å². The summed E-state index contributed by atoms with van der Waals surface area (Å²) >= 11 is 0. The second kappa shape index (κ2) is 12.4. The topological polar surface area (TPSA) is 217 Å². The summed E-state index contributed by atoms with van der Waals surface area (Å²) in [6.45, 7) is 5.04. The van der Waals surface area contributed by atoms with E-state index in [4.69, 9.17) is 10.8 Å². The highest BCUT2D eigenvalue weighted by Crippen LogP contribution is 2.02. The number of aliphatic hydroxyl groups is 1. The van der Waals surface area contributed by atoms with Gasteiger partial charge >= 0.3 is 5.97 Å². The van der Waals surface area contributed by atoms with Crippen LogP contribution in [0.3, 0.4) is 0 Å². The monoisotopic (exact) mass is 431 g/mol. The van der Waals surface area contributed by atoms with Crippen LogP contribution in [0.1, 0.15) is 40.5 Å².